The molecule has 0 spiro atoms. The van der Waals surface area contributed by atoms with Crippen LogP contribution in [0.3, 0.4) is 0 Å². The average Bonchev–Trinajstić information content (AvgIpc) is 2.53. The van der Waals surface area contributed by atoms with Gasteiger partial charge in [-0.15, -0.1) is 10.2 Å². The van der Waals surface area contributed by atoms with Crippen molar-refractivity contribution >= 4 is 0 Å². The van der Waals surface area contributed by atoms with Crippen LogP contribution in [0.25, 0.3) is 0 Å². The van der Waals surface area contributed by atoms with Gasteiger partial charge in [0.25, 0.3) is 0 Å². The molecule has 1 aliphatic rings. The Morgan fingerprint density at radius 1 is 1.31 bits per heavy atom. The number of hydrogen-bond acceptors (Lipinski definition) is 2. The number of hydrogen-bond donors (Lipinski definition) is 0. The molecule has 0 atom stereocenters. The molecule has 1 heterocycles. The number of aryl methyl sites for hydroxylation is 1. The monoisotopic (exact) mass is 179 g/mol. The van der Waals surface area contributed by atoms with E-state index in [1.807, 2.05) is 7.05 Å². The molecule has 1 saturated carbocycles. The molecular weight excluding hydrogens is 162 g/mol. The Kier molecular flexibility index (Phi) is 2.34. The van der Waals surface area contributed by atoms with Crippen molar-refractivity contribution in [2.75, 3.05) is 0 Å². The van der Waals surface area contributed by atoms with E-state index in [1.54, 1.807) is 6.33 Å². The van der Waals surface area contributed by atoms with Crippen molar-refractivity contribution < 1.29 is 0 Å². The van der Waals surface area contributed by atoms with Crippen molar-refractivity contribution in [2.24, 2.45) is 13.0 Å². The summed E-state index contributed by atoms with van der Waals surface area (Å²) in [6.07, 6.45) is 7.06. The lowest BCUT2D eigenvalue weighted by atomic mass is 9.82. The van der Waals surface area contributed by atoms with Crippen LogP contribution in [0.15, 0.2) is 6.33 Å². The van der Waals surface area contributed by atoms with Crippen LogP contribution in [-0.4, -0.2) is 14.8 Å². The summed E-state index contributed by atoms with van der Waals surface area (Å²) in [5.41, 5.74) is 0. The predicted molar refractivity (Wildman–Crippen MR) is 51.4 cm³/mol. The first-order chi connectivity index (χ1) is 6.27. The summed E-state index contributed by atoms with van der Waals surface area (Å²) in [6.45, 7) is 2.34. The van der Waals surface area contributed by atoms with Crippen LogP contribution in [0.2, 0.25) is 0 Å². The van der Waals surface area contributed by atoms with E-state index in [4.69, 9.17) is 0 Å². The zero-order valence-corrected chi connectivity index (χ0v) is 8.40. The van der Waals surface area contributed by atoms with Gasteiger partial charge in [0.15, 0.2) is 0 Å². The molecule has 1 aromatic heterocycles. The Morgan fingerprint density at radius 3 is 2.54 bits per heavy atom. The lowest BCUT2D eigenvalue weighted by Crippen LogP contribution is -2.14. The second-order valence-electron chi connectivity index (χ2n) is 4.26. The zero-order chi connectivity index (χ0) is 9.26. The van der Waals surface area contributed by atoms with Crippen molar-refractivity contribution in [3.63, 3.8) is 0 Å². The van der Waals surface area contributed by atoms with E-state index in [1.165, 1.54) is 31.5 Å². The first kappa shape index (κ1) is 8.73. The van der Waals surface area contributed by atoms with Crippen molar-refractivity contribution in [1.82, 2.24) is 14.8 Å². The Bertz CT molecular complexity index is 271. The first-order valence-electron chi connectivity index (χ1n) is 5.11. The summed E-state index contributed by atoms with van der Waals surface area (Å²) in [4.78, 5) is 0. The van der Waals surface area contributed by atoms with Crippen LogP contribution in [0.4, 0.5) is 0 Å². The van der Waals surface area contributed by atoms with Crippen LogP contribution >= 0.6 is 0 Å². The van der Waals surface area contributed by atoms with Crippen molar-refractivity contribution in [2.45, 2.75) is 38.5 Å². The van der Waals surface area contributed by atoms with E-state index in [0.29, 0.717) is 5.92 Å². The molecule has 3 heteroatoms. The summed E-state index contributed by atoms with van der Waals surface area (Å²) in [6, 6.07) is 0. The Balaban J connectivity index is 2.06. The molecular formula is C10H17N3. The van der Waals surface area contributed by atoms with Gasteiger partial charge in [-0.1, -0.05) is 19.8 Å². The standard InChI is InChI=1S/C10H17N3/c1-8-3-5-9(6-4-8)10-12-11-7-13(10)2/h7-9H,3-6H2,1-2H3. The normalized spacial score (nSPS) is 29.1. The van der Waals surface area contributed by atoms with Gasteiger partial charge in [-0.2, -0.15) is 0 Å². The van der Waals surface area contributed by atoms with E-state index >= 15 is 0 Å². The molecule has 0 radical (unpaired) electrons. The van der Waals surface area contributed by atoms with Crippen LogP contribution in [0, 0.1) is 5.92 Å². The maximum atomic E-state index is 4.18. The van der Waals surface area contributed by atoms with Crippen LogP contribution < -0.4 is 0 Å². The van der Waals surface area contributed by atoms with Gasteiger partial charge in [-0.3, -0.25) is 0 Å². The molecule has 0 saturated heterocycles. The van der Waals surface area contributed by atoms with Crippen LogP contribution in [0.1, 0.15) is 44.3 Å². The van der Waals surface area contributed by atoms with E-state index in [9.17, 15) is 0 Å². The highest BCUT2D eigenvalue weighted by Crippen LogP contribution is 2.33. The van der Waals surface area contributed by atoms with Crippen molar-refractivity contribution in [1.29, 1.82) is 0 Å². The number of nitrogens with zero attached hydrogens (tertiary/aromatic N) is 3. The number of aromatic nitrogens is 3. The van der Waals surface area contributed by atoms with E-state index in [-0.39, 0.29) is 0 Å². The topological polar surface area (TPSA) is 30.7 Å². The molecule has 0 N–H and O–H groups in total. The quantitative estimate of drug-likeness (QED) is 0.661. The third-order valence-corrected chi connectivity index (χ3v) is 3.13. The Labute approximate surface area is 79.2 Å². The first-order valence-corrected chi connectivity index (χ1v) is 5.11. The van der Waals surface area contributed by atoms with Gasteiger partial charge in [0.05, 0.1) is 0 Å². The summed E-state index contributed by atoms with van der Waals surface area (Å²) < 4.78 is 2.06. The highest BCUT2D eigenvalue weighted by atomic mass is 15.2. The Morgan fingerprint density at radius 2 is 2.00 bits per heavy atom. The van der Waals surface area contributed by atoms with E-state index in [0.717, 1.165) is 5.92 Å². The zero-order valence-electron chi connectivity index (χ0n) is 8.40. The second-order valence-corrected chi connectivity index (χ2v) is 4.26. The van der Waals surface area contributed by atoms with Gasteiger partial charge >= 0.3 is 0 Å². The predicted octanol–water partition coefficient (Wildman–Crippen LogP) is 2.11. The summed E-state index contributed by atoms with van der Waals surface area (Å²) in [7, 11) is 2.04. The minimum absolute atomic E-state index is 0.656. The smallest absolute Gasteiger partial charge is 0.135 e. The van der Waals surface area contributed by atoms with Crippen molar-refractivity contribution in [3.8, 4) is 0 Å². The third kappa shape index (κ3) is 1.74. The molecule has 72 valence electrons. The van der Waals surface area contributed by atoms with Crippen LogP contribution in [0.5, 0.6) is 0 Å². The molecule has 0 amide bonds. The molecule has 0 aliphatic heterocycles. The molecule has 2 rings (SSSR count). The lowest BCUT2D eigenvalue weighted by molar-refractivity contribution is 0.335. The average molecular weight is 179 g/mol. The Hall–Kier alpha value is -0.860. The van der Waals surface area contributed by atoms with Gasteiger partial charge < -0.3 is 4.57 Å². The summed E-state index contributed by atoms with van der Waals surface area (Å²) in [5.74, 6) is 2.74. The van der Waals surface area contributed by atoms with Gasteiger partial charge in [0, 0.05) is 13.0 Å². The molecule has 0 bridgehead atoms. The van der Waals surface area contributed by atoms with Gasteiger partial charge in [-0.05, 0) is 18.8 Å². The number of rotatable bonds is 1. The van der Waals surface area contributed by atoms with Gasteiger partial charge in [0.2, 0.25) is 0 Å². The van der Waals surface area contributed by atoms with Crippen LogP contribution in [-0.2, 0) is 7.05 Å². The molecule has 1 aromatic rings. The molecule has 3 nitrogen and oxygen atoms in total. The highest BCUT2D eigenvalue weighted by molar-refractivity contribution is 4.97. The van der Waals surface area contributed by atoms with E-state index in [2.05, 4.69) is 21.7 Å². The van der Waals surface area contributed by atoms with Gasteiger partial charge in [-0.25, -0.2) is 0 Å². The van der Waals surface area contributed by atoms with Gasteiger partial charge in [0.1, 0.15) is 12.2 Å². The second kappa shape index (κ2) is 3.48. The summed E-state index contributed by atoms with van der Waals surface area (Å²) in [5, 5.41) is 8.11. The molecule has 0 unspecified atom stereocenters. The molecule has 0 aromatic carbocycles. The highest BCUT2D eigenvalue weighted by Gasteiger charge is 2.22. The fraction of sp³-hybridized carbons (Fsp3) is 0.800. The van der Waals surface area contributed by atoms with E-state index < -0.39 is 0 Å². The molecule has 13 heavy (non-hydrogen) atoms. The molecule has 1 aliphatic carbocycles. The van der Waals surface area contributed by atoms with Crippen molar-refractivity contribution in [3.05, 3.63) is 12.2 Å². The minimum Gasteiger partial charge on any atom is -0.320 e. The fourth-order valence-corrected chi connectivity index (χ4v) is 2.18. The maximum absolute atomic E-state index is 4.18. The molecule has 1 fully saturated rings. The SMILES string of the molecule is CC1CCC(c2nncn2C)CC1. The summed E-state index contributed by atoms with van der Waals surface area (Å²) >= 11 is 0. The third-order valence-electron chi connectivity index (χ3n) is 3.13. The lowest BCUT2D eigenvalue weighted by Gasteiger charge is -2.25. The maximum Gasteiger partial charge on any atom is 0.135 e. The fourth-order valence-electron chi connectivity index (χ4n) is 2.18. The minimum atomic E-state index is 0.656. The largest absolute Gasteiger partial charge is 0.320 e.